The minimum atomic E-state index is -3.95. The van der Waals surface area contributed by atoms with Crippen molar-refractivity contribution in [2.45, 2.75) is 69.9 Å². The number of benzene rings is 2. The van der Waals surface area contributed by atoms with E-state index in [1.165, 1.54) is 23.3 Å². The van der Waals surface area contributed by atoms with Gasteiger partial charge in [0.2, 0.25) is 10.0 Å². The highest BCUT2D eigenvalue weighted by Gasteiger charge is 2.36. The summed E-state index contributed by atoms with van der Waals surface area (Å²) >= 11 is 5.46. The molecule has 2 aromatic carbocycles. The molecule has 1 aliphatic carbocycles. The van der Waals surface area contributed by atoms with Gasteiger partial charge in [-0.05, 0) is 80.4 Å². The van der Waals surface area contributed by atoms with E-state index >= 15 is 0 Å². The lowest BCUT2D eigenvalue weighted by atomic mass is 10.1. The minimum Gasteiger partial charge on any atom is -0.480 e. The van der Waals surface area contributed by atoms with Gasteiger partial charge in [-0.3, -0.25) is 4.79 Å². The molecular weight excluding hydrogens is 494 g/mol. The molecule has 196 valence electrons. The average molecular weight is 532 g/mol. The smallest absolute Gasteiger partial charge is 0.322 e. The van der Waals surface area contributed by atoms with Gasteiger partial charge >= 0.3 is 5.97 Å². The van der Waals surface area contributed by atoms with Crippen LogP contribution >= 0.6 is 12.2 Å². The van der Waals surface area contributed by atoms with Crippen LogP contribution in [0, 0.1) is 12.8 Å². The molecule has 0 saturated carbocycles. The van der Waals surface area contributed by atoms with Gasteiger partial charge in [-0.2, -0.15) is 4.31 Å². The fraction of sp³-hybridized carbons (Fsp3) is 0.481. The van der Waals surface area contributed by atoms with E-state index in [0.29, 0.717) is 24.5 Å². The number of hydrogen-bond acceptors (Lipinski definition) is 4. The van der Waals surface area contributed by atoms with Gasteiger partial charge < -0.3 is 15.7 Å². The molecule has 0 amide bonds. The number of carbonyl (C=O) groups is 1. The summed E-state index contributed by atoms with van der Waals surface area (Å²) in [6.45, 7) is 6.38. The molecule has 1 unspecified atom stereocenters. The number of carboxylic acids is 1. The minimum absolute atomic E-state index is 0.0158. The molecule has 0 aliphatic heterocycles. The van der Waals surface area contributed by atoms with Crippen molar-refractivity contribution in [2.75, 3.05) is 13.1 Å². The Balaban J connectivity index is 1.55. The average Bonchev–Trinajstić information content (AvgIpc) is 3.23. The first-order valence-electron chi connectivity index (χ1n) is 12.5. The lowest BCUT2D eigenvalue weighted by Gasteiger charge is -2.29. The number of aryl methyl sites for hydroxylation is 2. The monoisotopic (exact) mass is 531 g/mol. The van der Waals surface area contributed by atoms with Gasteiger partial charge in [-0.1, -0.05) is 55.8 Å². The number of nitrogens with one attached hydrogen (secondary N) is 2. The Morgan fingerprint density at radius 3 is 2.50 bits per heavy atom. The van der Waals surface area contributed by atoms with E-state index in [4.69, 9.17) is 12.2 Å². The third-order valence-corrected chi connectivity index (χ3v) is 8.58. The van der Waals surface area contributed by atoms with Crippen molar-refractivity contribution in [2.24, 2.45) is 5.92 Å². The maximum absolute atomic E-state index is 13.4. The molecular formula is C27H37N3O4S2. The van der Waals surface area contributed by atoms with Crippen molar-refractivity contribution in [1.29, 1.82) is 0 Å². The molecule has 9 heteroatoms. The molecule has 0 heterocycles. The van der Waals surface area contributed by atoms with Crippen LogP contribution in [0.15, 0.2) is 53.4 Å². The van der Waals surface area contributed by atoms with Crippen molar-refractivity contribution >= 4 is 33.3 Å². The second-order valence-corrected chi connectivity index (χ2v) is 12.1. The first-order chi connectivity index (χ1) is 17.1. The fourth-order valence-electron chi connectivity index (χ4n) is 4.57. The van der Waals surface area contributed by atoms with Crippen LogP contribution in [-0.2, 0) is 21.2 Å². The maximum Gasteiger partial charge on any atom is 0.322 e. The lowest BCUT2D eigenvalue weighted by Crippen LogP contribution is -2.46. The third kappa shape index (κ3) is 7.27. The second kappa shape index (κ2) is 12.7. The number of sulfonamides is 1. The number of thiocarbonyl (C=S) groups is 1. The van der Waals surface area contributed by atoms with Crippen LogP contribution in [0.2, 0.25) is 0 Å². The van der Waals surface area contributed by atoms with Crippen molar-refractivity contribution in [3.8, 4) is 0 Å². The molecule has 7 nitrogen and oxygen atoms in total. The van der Waals surface area contributed by atoms with Crippen LogP contribution in [0.3, 0.4) is 0 Å². The zero-order chi connectivity index (χ0) is 26.3. The highest BCUT2D eigenvalue weighted by Crippen LogP contribution is 2.30. The summed E-state index contributed by atoms with van der Waals surface area (Å²) in [5.41, 5.74) is 3.58. The van der Waals surface area contributed by atoms with Crippen molar-refractivity contribution in [3.63, 3.8) is 0 Å². The van der Waals surface area contributed by atoms with E-state index in [1.54, 1.807) is 12.1 Å². The van der Waals surface area contributed by atoms with Gasteiger partial charge in [0.15, 0.2) is 5.11 Å². The van der Waals surface area contributed by atoms with Gasteiger partial charge in [-0.25, -0.2) is 8.42 Å². The van der Waals surface area contributed by atoms with E-state index in [2.05, 4.69) is 28.8 Å². The predicted molar refractivity (Wildman–Crippen MR) is 146 cm³/mol. The first kappa shape index (κ1) is 28.1. The zero-order valence-corrected chi connectivity index (χ0v) is 22.9. The number of aliphatic carboxylic acids is 1. The topological polar surface area (TPSA) is 98.7 Å². The standard InChI is InChI=1S/C27H37N3O4S2/c1-19(2)18-30(36(33,34)22-14-11-20(3)12-15-22)25(26(31)32)10-6-7-17-28-27(35)29-24-16-13-21-8-4-5-9-23(21)24/h4-5,8-9,11-12,14-15,19,24-25H,6-7,10,13,16-18H2,1-3H3,(H,31,32)(H2,28,29,35)/t24?,25-/m0/s1. The molecule has 3 N–H and O–H groups in total. The van der Waals surface area contributed by atoms with Crippen LogP contribution in [-0.4, -0.2) is 48.0 Å². The Kier molecular flexibility index (Phi) is 9.87. The summed E-state index contributed by atoms with van der Waals surface area (Å²) < 4.78 is 27.9. The Morgan fingerprint density at radius 1 is 1.14 bits per heavy atom. The predicted octanol–water partition coefficient (Wildman–Crippen LogP) is 4.42. The van der Waals surface area contributed by atoms with E-state index < -0.39 is 22.0 Å². The summed E-state index contributed by atoms with van der Waals surface area (Å²) in [5, 5.41) is 17.1. The number of nitrogens with zero attached hydrogens (tertiary/aromatic N) is 1. The summed E-state index contributed by atoms with van der Waals surface area (Å²) in [4.78, 5) is 12.3. The second-order valence-electron chi connectivity index (χ2n) is 9.82. The molecule has 0 saturated heterocycles. The first-order valence-corrected chi connectivity index (χ1v) is 14.4. The fourth-order valence-corrected chi connectivity index (χ4v) is 6.59. The van der Waals surface area contributed by atoms with Crippen LogP contribution in [0.1, 0.15) is 62.3 Å². The molecule has 0 aromatic heterocycles. The van der Waals surface area contributed by atoms with Gasteiger partial charge in [0.05, 0.1) is 10.9 Å². The summed E-state index contributed by atoms with van der Waals surface area (Å²) in [5.74, 6) is -1.14. The third-order valence-electron chi connectivity index (χ3n) is 6.43. The Labute approximate surface area is 220 Å². The number of hydrogen-bond donors (Lipinski definition) is 3. The normalized spacial score (nSPS) is 16.1. The summed E-state index contributed by atoms with van der Waals surface area (Å²) in [7, 11) is -3.95. The van der Waals surface area contributed by atoms with Crippen LogP contribution in [0.25, 0.3) is 0 Å². The molecule has 0 spiro atoms. The quantitative estimate of drug-likeness (QED) is 0.276. The summed E-state index contributed by atoms with van der Waals surface area (Å²) in [6, 6.07) is 14.0. The SMILES string of the molecule is Cc1ccc(S(=O)(=O)N(CC(C)C)[C@@H](CCCCNC(=S)NC2CCc3ccccc32)C(=O)O)cc1. The van der Waals surface area contributed by atoms with E-state index in [9.17, 15) is 18.3 Å². The van der Waals surface area contributed by atoms with E-state index in [-0.39, 0.29) is 29.8 Å². The number of unbranched alkanes of at least 4 members (excludes halogenated alkanes) is 1. The Morgan fingerprint density at radius 2 is 1.83 bits per heavy atom. The van der Waals surface area contributed by atoms with Crippen LogP contribution in [0.5, 0.6) is 0 Å². The molecule has 3 rings (SSSR count). The number of rotatable bonds is 12. The van der Waals surface area contributed by atoms with Crippen LogP contribution < -0.4 is 10.6 Å². The zero-order valence-electron chi connectivity index (χ0n) is 21.2. The Bertz CT molecular complexity index is 1150. The largest absolute Gasteiger partial charge is 0.480 e. The van der Waals surface area contributed by atoms with Crippen molar-refractivity contribution in [1.82, 2.24) is 14.9 Å². The maximum atomic E-state index is 13.4. The molecule has 1 aliphatic rings. The molecule has 2 atom stereocenters. The van der Waals surface area contributed by atoms with Crippen LogP contribution in [0.4, 0.5) is 0 Å². The van der Waals surface area contributed by atoms with Gasteiger partial charge in [-0.15, -0.1) is 0 Å². The molecule has 0 bridgehead atoms. The molecule has 0 fully saturated rings. The van der Waals surface area contributed by atoms with Gasteiger partial charge in [0, 0.05) is 13.1 Å². The van der Waals surface area contributed by atoms with E-state index in [0.717, 1.165) is 22.7 Å². The number of carboxylic acid groups (broad SMARTS) is 1. The summed E-state index contributed by atoms with van der Waals surface area (Å²) in [6.07, 6.45) is 3.49. The van der Waals surface area contributed by atoms with Gasteiger partial charge in [0.1, 0.15) is 6.04 Å². The van der Waals surface area contributed by atoms with Crippen molar-refractivity contribution in [3.05, 3.63) is 65.2 Å². The molecule has 2 aromatic rings. The van der Waals surface area contributed by atoms with Crippen molar-refractivity contribution < 1.29 is 18.3 Å². The Hall–Kier alpha value is -2.49. The lowest BCUT2D eigenvalue weighted by molar-refractivity contribution is -0.141. The molecule has 0 radical (unpaired) electrons. The molecule has 36 heavy (non-hydrogen) atoms. The number of fused-ring (bicyclic) bond motifs is 1. The van der Waals surface area contributed by atoms with E-state index in [1.807, 2.05) is 26.8 Å². The highest BCUT2D eigenvalue weighted by atomic mass is 32.2. The highest BCUT2D eigenvalue weighted by molar-refractivity contribution is 7.89. The van der Waals surface area contributed by atoms with Gasteiger partial charge in [0.25, 0.3) is 0 Å².